The summed E-state index contributed by atoms with van der Waals surface area (Å²) in [6.07, 6.45) is 0. The van der Waals surface area contributed by atoms with Gasteiger partial charge in [0.1, 0.15) is 0 Å². The molecule has 140 valence electrons. The lowest BCUT2D eigenvalue weighted by molar-refractivity contribution is 0.102. The van der Waals surface area contributed by atoms with Gasteiger partial charge in [-0.2, -0.15) is 5.21 Å². The molecule has 0 aliphatic carbocycles. The lowest BCUT2D eigenvalue weighted by Gasteiger charge is -2.09. The standard InChI is InChI=1S/C18H19N5O3S/c1-11-4-8-15(9-5-11)27(25,26)22-17-16(20-23-21-17)18(24)19-14-7-6-12(2)13(3)10-14/h4-10H,1-3H3,(H,19,24)(H2,20,21,22,23). The molecule has 0 aliphatic rings. The number of nitrogens with zero attached hydrogens (tertiary/aromatic N) is 2. The third-order valence-electron chi connectivity index (χ3n) is 4.09. The van der Waals surface area contributed by atoms with Crippen molar-refractivity contribution in [3.63, 3.8) is 0 Å². The van der Waals surface area contributed by atoms with Gasteiger partial charge in [0.25, 0.3) is 15.9 Å². The Bertz CT molecular complexity index is 1090. The van der Waals surface area contributed by atoms with Crippen LogP contribution >= 0.6 is 0 Å². The van der Waals surface area contributed by atoms with E-state index in [1.54, 1.807) is 18.2 Å². The third-order valence-corrected chi connectivity index (χ3v) is 5.44. The summed E-state index contributed by atoms with van der Waals surface area (Å²) in [4.78, 5) is 12.6. The maximum atomic E-state index is 12.5. The summed E-state index contributed by atoms with van der Waals surface area (Å²) in [5, 5.41) is 12.5. The molecule has 1 amide bonds. The molecule has 0 bridgehead atoms. The Hall–Kier alpha value is -3.20. The van der Waals surface area contributed by atoms with Gasteiger partial charge in [-0.25, -0.2) is 8.42 Å². The van der Waals surface area contributed by atoms with Crippen molar-refractivity contribution in [2.24, 2.45) is 0 Å². The Morgan fingerprint density at radius 1 is 0.963 bits per heavy atom. The van der Waals surface area contributed by atoms with Crippen LogP contribution in [-0.2, 0) is 10.0 Å². The lowest BCUT2D eigenvalue weighted by atomic mass is 10.1. The van der Waals surface area contributed by atoms with Gasteiger partial charge in [-0.15, -0.1) is 10.2 Å². The number of sulfonamides is 1. The average Bonchev–Trinajstić information content (AvgIpc) is 3.06. The van der Waals surface area contributed by atoms with Crippen molar-refractivity contribution in [1.29, 1.82) is 0 Å². The second-order valence-corrected chi connectivity index (χ2v) is 7.87. The van der Waals surface area contributed by atoms with E-state index in [0.717, 1.165) is 16.7 Å². The molecule has 0 atom stereocenters. The van der Waals surface area contributed by atoms with Crippen LogP contribution in [0.3, 0.4) is 0 Å². The first-order chi connectivity index (χ1) is 12.8. The molecule has 0 spiro atoms. The Kier molecular flexibility index (Phi) is 4.95. The van der Waals surface area contributed by atoms with Crippen LogP contribution in [0.15, 0.2) is 47.4 Å². The molecular formula is C18H19N5O3S. The van der Waals surface area contributed by atoms with Gasteiger partial charge in [0.15, 0.2) is 11.5 Å². The highest BCUT2D eigenvalue weighted by Crippen LogP contribution is 2.19. The van der Waals surface area contributed by atoms with Gasteiger partial charge in [-0.1, -0.05) is 23.8 Å². The minimum Gasteiger partial charge on any atom is -0.320 e. The molecule has 3 aromatic rings. The van der Waals surface area contributed by atoms with Gasteiger partial charge in [0, 0.05) is 5.69 Å². The van der Waals surface area contributed by atoms with Crippen molar-refractivity contribution in [2.75, 3.05) is 10.0 Å². The number of anilines is 2. The molecule has 0 saturated carbocycles. The number of aromatic nitrogens is 3. The van der Waals surface area contributed by atoms with Gasteiger partial charge >= 0.3 is 0 Å². The molecule has 2 aromatic carbocycles. The molecule has 0 saturated heterocycles. The highest BCUT2D eigenvalue weighted by molar-refractivity contribution is 7.92. The SMILES string of the molecule is Cc1ccc(S(=O)(=O)Nc2n[nH]nc2C(=O)Nc2ccc(C)c(C)c2)cc1. The fourth-order valence-corrected chi connectivity index (χ4v) is 3.38. The van der Waals surface area contributed by atoms with Crippen molar-refractivity contribution < 1.29 is 13.2 Å². The number of benzene rings is 2. The van der Waals surface area contributed by atoms with Crippen molar-refractivity contribution in [3.05, 3.63) is 64.8 Å². The number of carbonyl (C=O) groups is 1. The molecule has 0 radical (unpaired) electrons. The van der Waals surface area contributed by atoms with E-state index in [0.29, 0.717) is 5.69 Å². The smallest absolute Gasteiger partial charge is 0.280 e. The Morgan fingerprint density at radius 3 is 2.33 bits per heavy atom. The number of aryl methyl sites for hydroxylation is 3. The zero-order valence-electron chi connectivity index (χ0n) is 15.1. The van der Waals surface area contributed by atoms with E-state index in [9.17, 15) is 13.2 Å². The van der Waals surface area contributed by atoms with Crippen molar-refractivity contribution in [3.8, 4) is 0 Å². The van der Waals surface area contributed by atoms with E-state index >= 15 is 0 Å². The van der Waals surface area contributed by atoms with E-state index in [2.05, 4.69) is 25.4 Å². The van der Waals surface area contributed by atoms with E-state index < -0.39 is 15.9 Å². The van der Waals surface area contributed by atoms with Crippen molar-refractivity contribution in [1.82, 2.24) is 15.4 Å². The third kappa shape index (κ3) is 4.14. The van der Waals surface area contributed by atoms with Crippen LogP contribution in [0.4, 0.5) is 11.5 Å². The summed E-state index contributed by atoms with van der Waals surface area (Å²) in [6.45, 7) is 5.76. The molecule has 0 fully saturated rings. The Balaban J connectivity index is 1.81. The molecule has 27 heavy (non-hydrogen) atoms. The molecule has 0 aliphatic heterocycles. The summed E-state index contributed by atoms with van der Waals surface area (Å²) in [7, 11) is -3.89. The molecule has 3 N–H and O–H groups in total. The zero-order valence-corrected chi connectivity index (χ0v) is 15.9. The predicted molar refractivity (Wildman–Crippen MR) is 102 cm³/mol. The average molecular weight is 385 g/mol. The second-order valence-electron chi connectivity index (χ2n) is 6.19. The highest BCUT2D eigenvalue weighted by atomic mass is 32.2. The Labute approximate surface area is 157 Å². The van der Waals surface area contributed by atoms with Gasteiger partial charge < -0.3 is 5.32 Å². The number of aromatic amines is 1. The molecule has 9 heteroatoms. The number of hydrogen-bond donors (Lipinski definition) is 3. The number of hydrogen-bond acceptors (Lipinski definition) is 5. The number of nitrogens with one attached hydrogen (secondary N) is 3. The maximum Gasteiger partial charge on any atom is 0.280 e. The van der Waals surface area contributed by atoms with Crippen molar-refractivity contribution in [2.45, 2.75) is 25.7 Å². The summed E-state index contributed by atoms with van der Waals surface area (Å²) >= 11 is 0. The number of carbonyl (C=O) groups excluding carboxylic acids is 1. The molecule has 3 rings (SSSR count). The topological polar surface area (TPSA) is 117 Å². The number of rotatable bonds is 5. The molecular weight excluding hydrogens is 366 g/mol. The van der Waals surface area contributed by atoms with Gasteiger partial charge in [-0.05, 0) is 56.2 Å². The van der Waals surface area contributed by atoms with E-state index in [1.807, 2.05) is 32.9 Å². The largest absolute Gasteiger partial charge is 0.320 e. The summed E-state index contributed by atoms with van der Waals surface area (Å²) < 4.78 is 27.3. The maximum absolute atomic E-state index is 12.5. The van der Waals surface area contributed by atoms with Crippen LogP contribution in [0.5, 0.6) is 0 Å². The minimum atomic E-state index is -3.89. The predicted octanol–water partition coefficient (Wildman–Crippen LogP) is 2.78. The highest BCUT2D eigenvalue weighted by Gasteiger charge is 2.22. The van der Waals surface area contributed by atoms with Crippen molar-refractivity contribution >= 4 is 27.4 Å². The normalized spacial score (nSPS) is 11.2. The van der Waals surface area contributed by atoms with Crippen LogP contribution in [0.2, 0.25) is 0 Å². The van der Waals surface area contributed by atoms with Crippen LogP contribution in [0, 0.1) is 20.8 Å². The van der Waals surface area contributed by atoms with Crippen LogP contribution in [0.25, 0.3) is 0 Å². The van der Waals surface area contributed by atoms with E-state index in [-0.39, 0.29) is 16.4 Å². The van der Waals surface area contributed by atoms with Crippen LogP contribution in [-0.4, -0.2) is 29.7 Å². The van der Waals surface area contributed by atoms with Gasteiger partial charge in [-0.3, -0.25) is 9.52 Å². The van der Waals surface area contributed by atoms with Gasteiger partial charge in [0.2, 0.25) is 0 Å². The number of H-pyrrole nitrogens is 1. The molecule has 1 aromatic heterocycles. The fourth-order valence-electron chi connectivity index (χ4n) is 2.37. The first kappa shape index (κ1) is 18.6. The molecule has 8 nitrogen and oxygen atoms in total. The summed E-state index contributed by atoms with van der Waals surface area (Å²) in [5.74, 6) is -0.745. The first-order valence-corrected chi connectivity index (χ1v) is 9.63. The van der Waals surface area contributed by atoms with E-state index in [4.69, 9.17) is 0 Å². The van der Waals surface area contributed by atoms with Gasteiger partial charge in [0.05, 0.1) is 4.90 Å². The molecule has 0 unspecified atom stereocenters. The quantitative estimate of drug-likeness (QED) is 0.624. The first-order valence-electron chi connectivity index (χ1n) is 8.15. The minimum absolute atomic E-state index is 0.0663. The monoisotopic (exact) mass is 385 g/mol. The summed E-state index contributed by atoms with van der Waals surface area (Å²) in [6, 6.07) is 11.8. The molecule has 1 heterocycles. The lowest BCUT2D eigenvalue weighted by Crippen LogP contribution is -2.18. The van der Waals surface area contributed by atoms with Crippen LogP contribution < -0.4 is 10.0 Å². The van der Waals surface area contributed by atoms with E-state index in [1.165, 1.54) is 12.1 Å². The zero-order chi connectivity index (χ0) is 19.6. The van der Waals surface area contributed by atoms with Crippen LogP contribution in [0.1, 0.15) is 27.2 Å². The number of amides is 1. The second kappa shape index (κ2) is 7.20. The summed E-state index contributed by atoms with van der Waals surface area (Å²) in [5.41, 5.74) is 3.49. The Morgan fingerprint density at radius 2 is 1.67 bits per heavy atom. The fraction of sp³-hybridized carbons (Fsp3) is 0.167.